The first-order valence-corrected chi connectivity index (χ1v) is 8.74. The largest absolute Gasteiger partial charge is 0.493 e. The molecule has 0 unspecified atom stereocenters. The van der Waals surface area contributed by atoms with Crippen LogP contribution in [0.3, 0.4) is 0 Å². The van der Waals surface area contributed by atoms with Gasteiger partial charge < -0.3 is 19.7 Å². The Morgan fingerprint density at radius 2 is 1.86 bits per heavy atom. The van der Waals surface area contributed by atoms with E-state index in [1.54, 1.807) is 38.5 Å². The first kappa shape index (κ1) is 20.8. The summed E-state index contributed by atoms with van der Waals surface area (Å²) in [7, 11) is 3.14. The van der Waals surface area contributed by atoms with Crippen LogP contribution in [0.2, 0.25) is 0 Å². The van der Waals surface area contributed by atoms with Gasteiger partial charge in [-0.1, -0.05) is 12.1 Å². The molecule has 0 fully saturated rings. The topological polar surface area (TPSA) is 91.7 Å². The van der Waals surface area contributed by atoms with Gasteiger partial charge in [0.2, 0.25) is 11.8 Å². The third-order valence-electron chi connectivity index (χ3n) is 4.15. The minimum absolute atomic E-state index is 0.115. The number of carbonyl (C=O) groups is 2. The molecule has 0 saturated carbocycles. The molecule has 0 bridgehead atoms. The van der Waals surface area contributed by atoms with E-state index in [4.69, 9.17) is 14.7 Å². The molecule has 0 radical (unpaired) electrons. The lowest BCUT2D eigenvalue weighted by molar-refractivity contribution is -0.123. The molecule has 0 atom stereocenters. The van der Waals surface area contributed by atoms with E-state index in [1.807, 2.05) is 24.3 Å². The molecule has 0 heterocycles. The molecule has 28 heavy (non-hydrogen) atoms. The Hall–Kier alpha value is -3.53. The number of amides is 2. The number of methoxy groups -OCH3 is 2. The third kappa shape index (κ3) is 5.48. The van der Waals surface area contributed by atoms with Crippen molar-refractivity contribution in [1.29, 1.82) is 5.26 Å². The number of hydrogen-bond acceptors (Lipinski definition) is 5. The van der Waals surface area contributed by atoms with Crippen molar-refractivity contribution in [2.75, 3.05) is 32.2 Å². The molecule has 0 aliphatic rings. The van der Waals surface area contributed by atoms with Gasteiger partial charge in [-0.05, 0) is 42.3 Å². The zero-order valence-corrected chi connectivity index (χ0v) is 16.2. The number of rotatable bonds is 8. The smallest absolute Gasteiger partial charge is 0.240 e. The van der Waals surface area contributed by atoms with E-state index in [0.29, 0.717) is 35.7 Å². The SMILES string of the molecule is COc1ccc(CCNC(=O)CN(C(C)=O)c2cccc(C#N)c2)cc1OC. The quantitative estimate of drug-likeness (QED) is 0.757. The molecule has 0 spiro atoms. The Kier molecular flexibility index (Phi) is 7.40. The highest BCUT2D eigenvalue weighted by atomic mass is 16.5. The molecule has 7 nitrogen and oxygen atoms in total. The third-order valence-corrected chi connectivity index (χ3v) is 4.15. The lowest BCUT2D eigenvalue weighted by Gasteiger charge is -2.21. The van der Waals surface area contributed by atoms with E-state index in [2.05, 4.69) is 5.32 Å². The second-order valence-electron chi connectivity index (χ2n) is 6.06. The lowest BCUT2D eigenvalue weighted by Crippen LogP contribution is -2.40. The van der Waals surface area contributed by atoms with E-state index >= 15 is 0 Å². The Labute approximate surface area is 164 Å². The van der Waals surface area contributed by atoms with Crippen LogP contribution in [0.5, 0.6) is 11.5 Å². The predicted molar refractivity (Wildman–Crippen MR) is 105 cm³/mol. The second-order valence-corrected chi connectivity index (χ2v) is 6.06. The van der Waals surface area contributed by atoms with Crippen molar-refractivity contribution in [2.45, 2.75) is 13.3 Å². The minimum Gasteiger partial charge on any atom is -0.493 e. The first-order valence-electron chi connectivity index (χ1n) is 8.74. The van der Waals surface area contributed by atoms with Crippen molar-refractivity contribution in [3.05, 3.63) is 53.6 Å². The summed E-state index contributed by atoms with van der Waals surface area (Å²) < 4.78 is 10.5. The van der Waals surface area contributed by atoms with Crippen molar-refractivity contribution >= 4 is 17.5 Å². The van der Waals surface area contributed by atoms with Gasteiger partial charge in [0, 0.05) is 19.2 Å². The van der Waals surface area contributed by atoms with Gasteiger partial charge in [0.25, 0.3) is 0 Å². The highest BCUT2D eigenvalue weighted by molar-refractivity contribution is 5.97. The normalized spacial score (nSPS) is 9.93. The van der Waals surface area contributed by atoms with Crippen LogP contribution in [0.1, 0.15) is 18.1 Å². The Morgan fingerprint density at radius 1 is 1.11 bits per heavy atom. The van der Waals surface area contributed by atoms with Gasteiger partial charge in [-0.25, -0.2) is 0 Å². The summed E-state index contributed by atoms with van der Waals surface area (Å²) in [6, 6.07) is 14.2. The van der Waals surface area contributed by atoms with E-state index in [-0.39, 0.29) is 18.4 Å². The Bertz CT molecular complexity index is 889. The van der Waals surface area contributed by atoms with E-state index < -0.39 is 0 Å². The van der Waals surface area contributed by atoms with Crippen LogP contribution in [0, 0.1) is 11.3 Å². The molecular weight excluding hydrogens is 358 g/mol. The number of nitrogens with one attached hydrogen (secondary N) is 1. The molecule has 1 N–H and O–H groups in total. The Balaban J connectivity index is 1.95. The van der Waals surface area contributed by atoms with Crippen molar-refractivity contribution in [1.82, 2.24) is 5.32 Å². The monoisotopic (exact) mass is 381 g/mol. The van der Waals surface area contributed by atoms with Crippen LogP contribution >= 0.6 is 0 Å². The van der Waals surface area contributed by atoms with E-state index in [1.165, 1.54) is 11.8 Å². The maximum absolute atomic E-state index is 12.3. The minimum atomic E-state index is -0.280. The van der Waals surface area contributed by atoms with Gasteiger partial charge in [-0.15, -0.1) is 0 Å². The predicted octanol–water partition coefficient (Wildman–Crippen LogP) is 2.29. The standard InChI is InChI=1S/C21H23N3O4/c1-15(25)24(18-6-4-5-17(11-18)13-22)14-21(26)23-10-9-16-7-8-19(27-2)20(12-16)28-3/h4-8,11-12H,9-10,14H2,1-3H3,(H,23,26). The number of ether oxygens (including phenoxy) is 2. The van der Waals surface area contributed by atoms with Gasteiger partial charge in [0.15, 0.2) is 11.5 Å². The molecule has 2 rings (SSSR count). The summed E-state index contributed by atoms with van der Waals surface area (Å²) in [4.78, 5) is 25.6. The first-order chi connectivity index (χ1) is 13.5. The highest BCUT2D eigenvalue weighted by Crippen LogP contribution is 2.27. The second kappa shape index (κ2) is 9.97. The van der Waals surface area contributed by atoms with Gasteiger partial charge in [0.05, 0.1) is 25.9 Å². The molecule has 0 aliphatic carbocycles. The summed E-state index contributed by atoms with van der Waals surface area (Å²) >= 11 is 0. The summed E-state index contributed by atoms with van der Waals surface area (Å²) in [5.74, 6) is 0.724. The zero-order chi connectivity index (χ0) is 20.5. The van der Waals surface area contributed by atoms with Crippen LogP contribution in [0.25, 0.3) is 0 Å². The van der Waals surface area contributed by atoms with Crippen LogP contribution < -0.4 is 19.7 Å². The summed E-state index contributed by atoms with van der Waals surface area (Å²) in [6.45, 7) is 1.68. The zero-order valence-electron chi connectivity index (χ0n) is 16.2. The summed E-state index contributed by atoms with van der Waals surface area (Å²) in [6.07, 6.45) is 0.607. The molecule has 2 amide bonds. The summed E-state index contributed by atoms with van der Waals surface area (Å²) in [5, 5.41) is 11.8. The summed E-state index contributed by atoms with van der Waals surface area (Å²) in [5.41, 5.74) is 1.93. The number of benzene rings is 2. The molecule has 146 valence electrons. The molecule has 7 heteroatoms. The lowest BCUT2D eigenvalue weighted by atomic mass is 10.1. The van der Waals surface area contributed by atoms with Gasteiger partial charge >= 0.3 is 0 Å². The maximum Gasteiger partial charge on any atom is 0.240 e. The number of hydrogen-bond donors (Lipinski definition) is 1. The number of anilines is 1. The number of nitrogens with zero attached hydrogens (tertiary/aromatic N) is 2. The van der Waals surface area contributed by atoms with E-state index in [9.17, 15) is 9.59 Å². The van der Waals surface area contributed by atoms with Crippen molar-refractivity contribution in [3.8, 4) is 17.6 Å². The maximum atomic E-state index is 12.3. The van der Waals surface area contributed by atoms with Gasteiger partial charge in [-0.2, -0.15) is 5.26 Å². The van der Waals surface area contributed by atoms with Crippen LogP contribution in [0.4, 0.5) is 5.69 Å². The van der Waals surface area contributed by atoms with Crippen molar-refractivity contribution in [3.63, 3.8) is 0 Å². The Morgan fingerprint density at radius 3 is 2.50 bits per heavy atom. The van der Waals surface area contributed by atoms with E-state index in [0.717, 1.165) is 5.56 Å². The average molecular weight is 381 g/mol. The number of carbonyl (C=O) groups excluding carboxylic acids is 2. The van der Waals surface area contributed by atoms with Gasteiger partial charge in [0.1, 0.15) is 6.54 Å². The highest BCUT2D eigenvalue weighted by Gasteiger charge is 2.16. The van der Waals surface area contributed by atoms with Crippen LogP contribution in [-0.4, -0.2) is 39.1 Å². The van der Waals surface area contributed by atoms with Crippen LogP contribution in [-0.2, 0) is 16.0 Å². The molecule has 0 saturated heterocycles. The molecule has 0 aliphatic heterocycles. The fraction of sp³-hybridized carbons (Fsp3) is 0.286. The molecule has 2 aromatic carbocycles. The number of nitriles is 1. The molecule has 0 aromatic heterocycles. The van der Waals surface area contributed by atoms with Crippen molar-refractivity contribution in [2.24, 2.45) is 0 Å². The molecular formula is C21H23N3O4. The average Bonchev–Trinajstić information content (AvgIpc) is 2.71. The fourth-order valence-electron chi connectivity index (χ4n) is 2.71. The van der Waals surface area contributed by atoms with Gasteiger partial charge in [-0.3, -0.25) is 9.59 Å². The van der Waals surface area contributed by atoms with Crippen molar-refractivity contribution < 1.29 is 19.1 Å². The van der Waals surface area contributed by atoms with Crippen LogP contribution in [0.15, 0.2) is 42.5 Å². The fourth-order valence-corrected chi connectivity index (χ4v) is 2.71. The molecule has 2 aromatic rings.